The van der Waals surface area contributed by atoms with E-state index >= 15 is 0 Å². The number of aromatic hydroxyl groups is 1. The number of carbonyl (C=O) groups is 3. The fourth-order valence-electron chi connectivity index (χ4n) is 2.90. The molecule has 3 amide bonds. The number of carbonyl (C=O) groups excluding carboxylic acids is 3. The van der Waals surface area contributed by atoms with Gasteiger partial charge in [0.05, 0.1) is 5.61 Å². The molecule has 0 bridgehead atoms. The lowest BCUT2D eigenvalue weighted by Crippen LogP contribution is -2.41. The Balaban J connectivity index is 2.90. The maximum Gasteiger partial charge on any atom is 0.503 e. The number of hydrogen-bond donors (Lipinski definition) is 5. The Labute approximate surface area is 198 Å². The summed E-state index contributed by atoms with van der Waals surface area (Å²) in [6.07, 6.45) is 2.57. The molecule has 0 aliphatic carbocycles. The van der Waals surface area contributed by atoms with Gasteiger partial charge in [-0.05, 0) is 44.6 Å². The Morgan fingerprint density at radius 3 is 2.53 bits per heavy atom. The Hall–Kier alpha value is -3.56. The van der Waals surface area contributed by atoms with Gasteiger partial charge in [0.15, 0.2) is 0 Å². The molecule has 1 rings (SSSR count). The highest BCUT2D eigenvalue weighted by atomic mass is 16.4. The summed E-state index contributed by atoms with van der Waals surface area (Å²) in [5, 5.41) is 42.6. The summed E-state index contributed by atoms with van der Waals surface area (Å²) in [5.74, 6) is -2.32. The number of aromatic nitrogens is 1. The van der Waals surface area contributed by atoms with E-state index in [0.29, 0.717) is 12.8 Å². The van der Waals surface area contributed by atoms with E-state index in [-0.39, 0.29) is 48.1 Å². The van der Waals surface area contributed by atoms with Crippen LogP contribution in [0.25, 0.3) is 0 Å². The maximum atomic E-state index is 12.8. The van der Waals surface area contributed by atoms with E-state index in [4.69, 9.17) is 5.26 Å². The SMILES string of the molecule is C/C=C(\C#N)C(=O)NCCCC[C@H](NC(=O)c1cccc(O)n1)C(=O)/N=C(\CC(C)C)B(O)O. The number of amides is 3. The largest absolute Gasteiger partial charge is 0.503 e. The van der Waals surface area contributed by atoms with Crippen molar-refractivity contribution in [3.63, 3.8) is 0 Å². The van der Waals surface area contributed by atoms with Gasteiger partial charge in [0.2, 0.25) is 5.88 Å². The molecule has 0 unspecified atom stereocenters. The number of hydrogen-bond acceptors (Lipinski definition) is 8. The third-order valence-electron chi connectivity index (χ3n) is 4.60. The molecule has 182 valence electrons. The van der Waals surface area contributed by atoms with E-state index in [1.807, 2.05) is 13.8 Å². The first-order valence-electron chi connectivity index (χ1n) is 10.9. The molecule has 0 fully saturated rings. The van der Waals surface area contributed by atoms with E-state index in [9.17, 15) is 29.5 Å². The smallest absolute Gasteiger partial charge is 0.493 e. The molecule has 34 heavy (non-hydrogen) atoms. The minimum absolute atomic E-state index is 0.00601. The fourth-order valence-corrected chi connectivity index (χ4v) is 2.90. The van der Waals surface area contributed by atoms with Crippen LogP contribution in [0.5, 0.6) is 5.88 Å². The Bertz CT molecular complexity index is 971. The summed E-state index contributed by atoms with van der Waals surface area (Å²) in [6.45, 7) is 5.48. The molecule has 0 saturated heterocycles. The van der Waals surface area contributed by atoms with Gasteiger partial charge in [0.1, 0.15) is 23.4 Å². The lowest BCUT2D eigenvalue weighted by molar-refractivity contribution is -0.120. The molecule has 0 saturated carbocycles. The predicted molar refractivity (Wildman–Crippen MR) is 125 cm³/mol. The van der Waals surface area contributed by atoms with Gasteiger partial charge in [0.25, 0.3) is 17.7 Å². The van der Waals surface area contributed by atoms with Gasteiger partial charge in [-0.3, -0.25) is 14.4 Å². The second-order valence-electron chi connectivity index (χ2n) is 7.89. The molecule has 0 aromatic carbocycles. The van der Waals surface area contributed by atoms with Crippen molar-refractivity contribution in [3.05, 3.63) is 35.5 Å². The highest BCUT2D eigenvalue weighted by Crippen LogP contribution is 2.10. The Morgan fingerprint density at radius 1 is 1.26 bits per heavy atom. The van der Waals surface area contributed by atoms with Crippen molar-refractivity contribution in [1.82, 2.24) is 15.6 Å². The number of nitrogens with one attached hydrogen (secondary N) is 2. The van der Waals surface area contributed by atoms with Gasteiger partial charge in [-0.2, -0.15) is 5.26 Å². The van der Waals surface area contributed by atoms with Gasteiger partial charge in [-0.25, -0.2) is 9.98 Å². The van der Waals surface area contributed by atoms with Gasteiger partial charge < -0.3 is 25.8 Å². The number of nitriles is 1. The molecule has 1 aromatic rings. The Kier molecular flexibility index (Phi) is 12.2. The van der Waals surface area contributed by atoms with Crippen molar-refractivity contribution in [2.24, 2.45) is 10.9 Å². The molecule has 1 aromatic heterocycles. The number of allylic oxidation sites excluding steroid dienone is 1. The molecule has 0 aliphatic heterocycles. The third kappa shape index (κ3) is 9.93. The summed E-state index contributed by atoms with van der Waals surface area (Å²) >= 11 is 0. The average Bonchev–Trinajstić information content (AvgIpc) is 2.77. The molecule has 11 nitrogen and oxygen atoms in total. The van der Waals surface area contributed by atoms with Crippen LogP contribution in [-0.4, -0.2) is 63.2 Å². The number of nitrogens with zero attached hydrogens (tertiary/aromatic N) is 3. The molecule has 0 spiro atoms. The summed E-state index contributed by atoms with van der Waals surface area (Å²) in [7, 11) is -1.91. The van der Waals surface area contributed by atoms with Crippen LogP contribution in [0.4, 0.5) is 0 Å². The summed E-state index contributed by atoms with van der Waals surface area (Å²) < 4.78 is 0. The van der Waals surface area contributed by atoms with Crippen LogP contribution < -0.4 is 10.6 Å². The first-order valence-corrected chi connectivity index (χ1v) is 10.9. The normalized spacial score (nSPS) is 12.6. The summed E-state index contributed by atoms with van der Waals surface area (Å²) in [6, 6.07) is 4.78. The highest BCUT2D eigenvalue weighted by Gasteiger charge is 2.25. The zero-order chi connectivity index (χ0) is 25.7. The van der Waals surface area contributed by atoms with E-state index in [0.717, 1.165) is 0 Å². The van der Waals surface area contributed by atoms with Gasteiger partial charge in [0, 0.05) is 12.6 Å². The lowest BCUT2D eigenvalue weighted by atomic mass is 9.78. The highest BCUT2D eigenvalue weighted by molar-refractivity contribution is 6.80. The van der Waals surface area contributed by atoms with Crippen molar-refractivity contribution < 1.29 is 29.5 Å². The zero-order valence-corrected chi connectivity index (χ0v) is 19.5. The van der Waals surface area contributed by atoms with Gasteiger partial charge >= 0.3 is 7.12 Å². The van der Waals surface area contributed by atoms with E-state index in [1.165, 1.54) is 24.3 Å². The monoisotopic (exact) mass is 471 g/mol. The third-order valence-corrected chi connectivity index (χ3v) is 4.60. The maximum absolute atomic E-state index is 12.8. The van der Waals surface area contributed by atoms with Crippen LogP contribution in [-0.2, 0) is 9.59 Å². The van der Waals surface area contributed by atoms with Crippen LogP contribution in [0.15, 0.2) is 34.8 Å². The van der Waals surface area contributed by atoms with E-state index in [2.05, 4.69) is 20.6 Å². The molecular weight excluding hydrogens is 441 g/mol. The number of aliphatic imine (C=N–C) groups is 1. The number of pyridine rings is 1. The molecule has 1 heterocycles. The van der Waals surface area contributed by atoms with Crippen LogP contribution in [0.2, 0.25) is 0 Å². The van der Waals surface area contributed by atoms with E-state index < -0.39 is 30.9 Å². The van der Waals surface area contributed by atoms with Crippen LogP contribution >= 0.6 is 0 Å². The zero-order valence-electron chi connectivity index (χ0n) is 19.5. The first-order chi connectivity index (χ1) is 16.1. The van der Waals surface area contributed by atoms with Crippen molar-refractivity contribution in [2.75, 3.05) is 6.54 Å². The lowest BCUT2D eigenvalue weighted by Gasteiger charge is -2.17. The summed E-state index contributed by atoms with van der Waals surface area (Å²) in [5.41, 5.74) is -0.222. The number of unbranched alkanes of at least 4 members (excludes halogenated alkanes) is 1. The molecule has 0 aliphatic rings. The predicted octanol–water partition coefficient (Wildman–Crippen LogP) is 0.668. The van der Waals surface area contributed by atoms with E-state index in [1.54, 1.807) is 13.0 Å². The minimum atomic E-state index is -1.91. The molecular formula is C22H30BN5O6. The molecule has 12 heteroatoms. The topological polar surface area (TPSA) is 185 Å². The second kappa shape index (κ2) is 14.6. The van der Waals surface area contributed by atoms with Gasteiger partial charge in [-0.1, -0.05) is 26.0 Å². The molecule has 0 radical (unpaired) electrons. The van der Waals surface area contributed by atoms with Crippen molar-refractivity contribution in [3.8, 4) is 11.9 Å². The van der Waals surface area contributed by atoms with Crippen LogP contribution in [0.1, 0.15) is 56.9 Å². The first kappa shape index (κ1) is 28.5. The fraction of sp³-hybridized carbons (Fsp3) is 0.455. The molecule has 5 N–H and O–H groups in total. The van der Waals surface area contributed by atoms with Crippen LogP contribution in [0.3, 0.4) is 0 Å². The van der Waals surface area contributed by atoms with Crippen molar-refractivity contribution >= 4 is 30.5 Å². The number of rotatable bonds is 12. The average molecular weight is 471 g/mol. The Morgan fingerprint density at radius 2 is 1.97 bits per heavy atom. The quantitative estimate of drug-likeness (QED) is 0.0968. The summed E-state index contributed by atoms with van der Waals surface area (Å²) in [4.78, 5) is 44.7. The van der Waals surface area contributed by atoms with Gasteiger partial charge in [-0.15, -0.1) is 0 Å². The second-order valence-corrected chi connectivity index (χ2v) is 7.89. The van der Waals surface area contributed by atoms with Crippen molar-refractivity contribution in [1.29, 1.82) is 5.26 Å². The molecule has 1 atom stereocenters. The van der Waals surface area contributed by atoms with Crippen molar-refractivity contribution in [2.45, 2.75) is 52.5 Å². The minimum Gasteiger partial charge on any atom is -0.493 e. The van der Waals surface area contributed by atoms with Crippen LogP contribution in [0, 0.1) is 17.2 Å². The standard InChI is InChI=1S/C22H30BN5O6/c1-4-15(13-24)20(30)25-11-6-5-8-17(22(32)28-18(23(33)34)12-14(2)3)27-21(31)16-9-7-10-19(29)26-16/h4,7,9-10,14,17,33-34H,5-6,8,11-12H2,1-3H3,(H,25,30)(H,26,29)(H,27,31)/b15-4+,28-18+/t17-/m0/s1.